The summed E-state index contributed by atoms with van der Waals surface area (Å²) >= 11 is 13.3. The Morgan fingerprint density at radius 3 is 2.47 bits per heavy atom. The van der Waals surface area contributed by atoms with E-state index in [-0.39, 0.29) is 0 Å². The molecule has 0 bridgehead atoms. The predicted octanol–water partition coefficient (Wildman–Crippen LogP) is 7.27. The van der Waals surface area contributed by atoms with Crippen molar-refractivity contribution >= 4 is 34.7 Å². The zero-order valence-corrected chi connectivity index (χ0v) is 21.1. The van der Waals surface area contributed by atoms with Crippen molar-refractivity contribution in [2.24, 2.45) is 10.4 Å². The maximum atomic E-state index is 6.70. The topological polar surface area (TPSA) is 37.3 Å². The van der Waals surface area contributed by atoms with Gasteiger partial charge in [-0.05, 0) is 62.8 Å². The molecule has 0 saturated carbocycles. The number of nitrogens with zero attached hydrogens (tertiary/aromatic N) is 3. The molecule has 2 fully saturated rings. The maximum absolute atomic E-state index is 6.70. The summed E-state index contributed by atoms with van der Waals surface area (Å²) in [6, 6.07) is 13.2. The summed E-state index contributed by atoms with van der Waals surface area (Å²) < 4.78 is 11.8. The van der Waals surface area contributed by atoms with Gasteiger partial charge in [-0.3, -0.25) is 4.90 Å². The van der Waals surface area contributed by atoms with Crippen LogP contribution in [0.2, 0.25) is 10.0 Å². The van der Waals surface area contributed by atoms with Gasteiger partial charge in [-0.1, -0.05) is 48.0 Å². The van der Waals surface area contributed by atoms with Crippen LogP contribution >= 0.6 is 23.2 Å². The SMILES string of the molecule is C=C1C=C(N2CCC3(CC2)CO[C@@H](C)C3)N=C(C)N1c1ccc(Oc2ccccc2)c(Cl)c1Cl. The van der Waals surface area contributed by atoms with Gasteiger partial charge in [0.05, 0.1) is 23.4 Å². The van der Waals surface area contributed by atoms with Crippen LogP contribution < -0.4 is 9.64 Å². The summed E-state index contributed by atoms with van der Waals surface area (Å²) in [6.45, 7) is 11.3. The Balaban J connectivity index is 1.32. The van der Waals surface area contributed by atoms with Gasteiger partial charge in [-0.25, -0.2) is 4.99 Å². The molecule has 0 aromatic heterocycles. The summed E-state index contributed by atoms with van der Waals surface area (Å²) in [6.07, 6.45) is 5.81. The molecule has 0 unspecified atom stereocenters. The summed E-state index contributed by atoms with van der Waals surface area (Å²) in [7, 11) is 0. The lowest BCUT2D eigenvalue weighted by Gasteiger charge is -2.41. The number of anilines is 1. The van der Waals surface area contributed by atoms with E-state index in [9.17, 15) is 0 Å². The highest BCUT2D eigenvalue weighted by Gasteiger charge is 2.41. The number of allylic oxidation sites excluding steroid dienone is 1. The van der Waals surface area contributed by atoms with Crippen LogP contribution in [0.1, 0.15) is 33.1 Å². The molecule has 5 rings (SSSR count). The fourth-order valence-corrected chi connectivity index (χ4v) is 5.59. The van der Waals surface area contributed by atoms with Crippen molar-refractivity contribution in [3.8, 4) is 11.5 Å². The summed E-state index contributed by atoms with van der Waals surface area (Å²) in [5.74, 6) is 2.95. The van der Waals surface area contributed by atoms with Gasteiger partial charge in [-0.2, -0.15) is 0 Å². The molecule has 3 heterocycles. The molecule has 5 nitrogen and oxygen atoms in total. The van der Waals surface area contributed by atoms with E-state index in [1.807, 2.05) is 60.4 Å². The second-order valence-electron chi connectivity index (χ2n) is 9.43. The molecule has 3 aliphatic heterocycles. The number of hydrogen-bond acceptors (Lipinski definition) is 5. The van der Waals surface area contributed by atoms with Crippen LogP contribution in [0, 0.1) is 5.41 Å². The lowest BCUT2D eigenvalue weighted by Crippen LogP contribution is -2.41. The molecule has 0 radical (unpaired) electrons. The number of aliphatic imine (C=N–C) groups is 1. The maximum Gasteiger partial charge on any atom is 0.147 e. The molecular formula is C27H29Cl2N3O2. The van der Waals surface area contributed by atoms with E-state index in [1.54, 1.807) is 0 Å². The van der Waals surface area contributed by atoms with Gasteiger partial charge < -0.3 is 14.4 Å². The third-order valence-corrected chi connectivity index (χ3v) is 7.82. The Kier molecular flexibility index (Phi) is 6.36. The highest BCUT2D eigenvalue weighted by Crippen LogP contribution is 2.44. The minimum absolute atomic E-state index is 0.334. The number of halogens is 2. The number of hydrogen-bond donors (Lipinski definition) is 0. The summed E-state index contributed by atoms with van der Waals surface area (Å²) in [5.41, 5.74) is 1.86. The first-order valence-corrected chi connectivity index (χ1v) is 12.4. The van der Waals surface area contributed by atoms with Crippen molar-refractivity contribution in [2.75, 3.05) is 24.6 Å². The van der Waals surface area contributed by atoms with Crippen LogP contribution in [0.3, 0.4) is 0 Å². The molecule has 2 saturated heterocycles. The minimum Gasteiger partial charge on any atom is -0.456 e. The van der Waals surface area contributed by atoms with E-state index in [0.717, 1.165) is 62.0 Å². The smallest absolute Gasteiger partial charge is 0.147 e. The van der Waals surface area contributed by atoms with E-state index in [2.05, 4.69) is 18.4 Å². The van der Waals surface area contributed by atoms with E-state index in [1.165, 1.54) is 0 Å². The quantitative estimate of drug-likeness (QED) is 0.444. The number of para-hydroxylation sites is 1. The minimum atomic E-state index is 0.334. The van der Waals surface area contributed by atoms with Crippen molar-refractivity contribution in [3.05, 3.63) is 76.7 Å². The van der Waals surface area contributed by atoms with Gasteiger partial charge in [0.15, 0.2) is 0 Å². The zero-order chi connectivity index (χ0) is 23.9. The molecule has 0 aliphatic carbocycles. The van der Waals surface area contributed by atoms with E-state index in [4.69, 9.17) is 37.7 Å². The van der Waals surface area contributed by atoms with Gasteiger partial charge in [0, 0.05) is 24.9 Å². The van der Waals surface area contributed by atoms with Crippen LogP contribution in [-0.4, -0.2) is 36.5 Å². The van der Waals surface area contributed by atoms with Gasteiger partial charge in [0.25, 0.3) is 0 Å². The molecule has 3 aliphatic rings. The Labute approximate surface area is 211 Å². The van der Waals surface area contributed by atoms with E-state index < -0.39 is 0 Å². The molecule has 1 spiro atoms. The first-order chi connectivity index (χ1) is 16.3. The molecule has 2 aromatic rings. The first kappa shape index (κ1) is 23.3. The molecule has 7 heteroatoms. The average molecular weight is 498 g/mol. The zero-order valence-electron chi connectivity index (χ0n) is 19.6. The molecule has 0 amide bonds. The molecular weight excluding hydrogens is 469 g/mol. The molecule has 1 atom stereocenters. The number of likely N-dealkylation sites (tertiary alicyclic amines) is 1. The number of piperidine rings is 1. The van der Waals surface area contributed by atoms with Crippen molar-refractivity contribution in [3.63, 3.8) is 0 Å². The fraction of sp³-hybridized carbons (Fsp3) is 0.370. The third kappa shape index (κ3) is 4.45. The predicted molar refractivity (Wildman–Crippen MR) is 139 cm³/mol. The van der Waals surface area contributed by atoms with Crippen LogP contribution in [0.4, 0.5) is 5.69 Å². The highest BCUT2D eigenvalue weighted by atomic mass is 35.5. The van der Waals surface area contributed by atoms with Crippen LogP contribution in [0.5, 0.6) is 11.5 Å². The first-order valence-electron chi connectivity index (χ1n) is 11.7. The second kappa shape index (κ2) is 9.29. The Morgan fingerprint density at radius 1 is 1.09 bits per heavy atom. The van der Waals surface area contributed by atoms with Crippen LogP contribution in [0.15, 0.2) is 71.6 Å². The van der Waals surface area contributed by atoms with Gasteiger partial charge in [0.1, 0.15) is 28.2 Å². The normalized spacial score (nSPS) is 22.1. The number of rotatable bonds is 4. The number of ether oxygens (including phenoxy) is 2. The van der Waals surface area contributed by atoms with Crippen molar-refractivity contribution in [1.29, 1.82) is 0 Å². The second-order valence-corrected chi connectivity index (χ2v) is 10.2. The lowest BCUT2D eigenvalue weighted by atomic mass is 9.77. The van der Waals surface area contributed by atoms with Crippen LogP contribution in [0.25, 0.3) is 0 Å². The molecule has 2 aromatic carbocycles. The molecule has 178 valence electrons. The van der Waals surface area contributed by atoms with Gasteiger partial charge in [-0.15, -0.1) is 0 Å². The van der Waals surface area contributed by atoms with Crippen molar-refractivity contribution in [1.82, 2.24) is 4.90 Å². The highest BCUT2D eigenvalue weighted by molar-refractivity contribution is 6.45. The monoisotopic (exact) mass is 497 g/mol. The molecule has 34 heavy (non-hydrogen) atoms. The van der Waals surface area contributed by atoms with Gasteiger partial charge in [0.2, 0.25) is 0 Å². The largest absolute Gasteiger partial charge is 0.456 e. The fourth-order valence-electron chi connectivity index (χ4n) is 5.15. The summed E-state index contributed by atoms with van der Waals surface area (Å²) in [4.78, 5) is 9.19. The van der Waals surface area contributed by atoms with Crippen LogP contribution in [-0.2, 0) is 4.74 Å². The van der Waals surface area contributed by atoms with E-state index >= 15 is 0 Å². The van der Waals surface area contributed by atoms with E-state index in [0.29, 0.717) is 33.1 Å². The van der Waals surface area contributed by atoms with Crippen molar-refractivity contribution < 1.29 is 9.47 Å². The standard InChI is InChI=1S/C27H29Cl2N3O2/c1-18-15-24(31-13-11-27(12-14-31)16-19(2)33-17-27)30-20(3)32(18)22-9-10-23(26(29)25(22)28)34-21-7-5-4-6-8-21/h4-10,15,19H,1,11-14,16-17H2,2-3H3/t19-/m0/s1. The average Bonchev–Trinajstić information content (AvgIpc) is 3.18. The molecule has 0 N–H and O–H groups in total. The Hall–Kier alpha value is -2.47. The third-order valence-electron chi connectivity index (χ3n) is 6.96. The Morgan fingerprint density at radius 2 is 1.82 bits per heavy atom. The number of amidine groups is 1. The van der Waals surface area contributed by atoms with Crippen molar-refractivity contribution in [2.45, 2.75) is 39.2 Å². The number of benzene rings is 2. The Bertz CT molecular complexity index is 1150. The van der Waals surface area contributed by atoms with Gasteiger partial charge >= 0.3 is 0 Å². The summed E-state index contributed by atoms with van der Waals surface area (Å²) in [5, 5.41) is 0.755. The lowest BCUT2D eigenvalue weighted by molar-refractivity contribution is 0.0777.